The van der Waals surface area contributed by atoms with Crippen LogP contribution >= 0.6 is 0 Å². The second-order valence-electron chi connectivity index (χ2n) is 7.15. The number of hydrogen-bond acceptors (Lipinski definition) is 3. The van der Waals surface area contributed by atoms with E-state index in [-0.39, 0.29) is 18.5 Å². The van der Waals surface area contributed by atoms with Gasteiger partial charge in [-0.25, -0.2) is 4.79 Å². The topological polar surface area (TPSA) is 92.5 Å². The van der Waals surface area contributed by atoms with Gasteiger partial charge in [-0.3, -0.25) is 14.5 Å². The summed E-state index contributed by atoms with van der Waals surface area (Å²) in [4.78, 5) is 38.5. The molecule has 138 valence electrons. The van der Waals surface area contributed by atoms with E-state index in [4.69, 9.17) is 5.73 Å². The highest BCUT2D eigenvalue weighted by molar-refractivity contribution is 6.07. The first-order valence-electron chi connectivity index (χ1n) is 9.12. The Bertz CT molecular complexity index is 923. The van der Waals surface area contributed by atoms with Crippen molar-refractivity contribution in [3.05, 3.63) is 70.8 Å². The fourth-order valence-electron chi connectivity index (χ4n) is 4.07. The smallest absolute Gasteiger partial charge is 0.325 e. The highest BCUT2D eigenvalue weighted by Crippen LogP contribution is 2.39. The van der Waals surface area contributed by atoms with Crippen LogP contribution in [-0.2, 0) is 23.3 Å². The van der Waals surface area contributed by atoms with Crippen molar-refractivity contribution in [2.75, 3.05) is 0 Å². The zero-order valence-electron chi connectivity index (χ0n) is 14.9. The highest BCUT2D eigenvalue weighted by Gasteiger charge is 2.53. The van der Waals surface area contributed by atoms with Gasteiger partial charge in [0, 0.05) is 5.56 Å². The van der Waals surface area contributed by atoms with Gasteiger partial charge in [-0.2, -0.15) is 0 Å². The van der Waals surface area contributed by atoms with Crippen molar-refractivity contribution in [3.63, 3.8) is 0 Å². The molecule has 0 aromatic heterocycles. The van der Waals surface area contributed by atoms with Crippen molar-refractivity contribution in [1.82, 2.24) is 10.2 Å². The first-order valence-corrected chi connectivity index (χ1v) is 9.12. The van der Waals surface area contributed by atoms with Gasteiger partial charge in [0.05, 0.1) is 6.54 Å². The number of rotatable bonds is 3. The highest BCUT2D eigenvalue weighted by atomic mass is 16.2. The van der Waals surface area contributed by atoms with E-state index in [2.05, 4.69) is 5.32 Å². The van der Waals surface area contributed by atoms with Gasteiger partial charge in [-0.05, 0) is 54.5 Å². The van der Waals surface area contributed by atoms with Crippen LogP contribution in [0.4, 0.5) is 4.79 Å². The first-order chi connectivity index (χ1) is 13.0. The van der Waals surface area contributed by atoms with Crippen LogP contribution in [0.3, 0.4) is 0 Å². The molecule has 1 aliphatic heterocycles. The van der Waals surface area contributed by atoms with Crippen molar-refractivity contribution in [1.29, 1.82) is 0 Å². The Morgan fingerprint density at radius 2 is 1.81 bits per heavy atom. The van der Waals surface area contributed by atoms with Crippen molar-refractivity contribution < 1.29 is 14.4 Å². The Labute approximate surface area is 157 Å². The van der Waals surface area contributed by atoms with E-state index in [1.54, 1.807) is 24.3 Å². The Morgan fingerprint density at radius 1 is 1.07 bits per heavy atom. The Balaban J connectivity index is 1.65. The van der Waals surface area contributed by atoms with Crippen LogP contribution < -0.4 is 11.1 Å². The normalized spacial score (nSPS) is 21.7. The monoisotopic (exact) mass is 363 g/mol. The minimum Gasteiger partial charge on any atom is -0.366 e. The first kappa shape index (κ1) is 17.3. The average Bonchev–Trinajstić information content (AvgIpc) is 2.82. The zero-order chi connectivity index (χ0) is 19.0. The number of fused-ring (bicyclic) bond motifs is 2. The van der Waals surface area contributed by atoms with E-state index < -0.39 is 11.4 Å². The SMILES string of the molecule is NC(=O)c1ccc(CN2C(=O)N[C@@]3(CCCCc4ccccc43)C2=O)cc1. The van der Waals surface area contributed by atoms with Gasteiger partial charge in [-0.15, -0.1) is 0 Å². The molecule has 27 heavy (non-hydrogen) atoms. The second kappa shape index (κ2) is 6.54. The quantitative estimate of drug-likeness (QED) is 0.821. The summed E-state index contributed by atoms with van der Waals surface area (Å²) in [6, 6.07) is 14.1. The van der Waals surface area contributed by atoms with E-state index in [9.17, 15) is 14.4 Å². The summed E-state index contributed by atoms with van der Waals surface area (Å²) in [6.45, 7) is 0.160. The minimum atomic E-state index is -0.975. The summed E-state index contributed by atoms with van der Waals surface area (Å²) in [5, 5.41) is 2.98. The lowest BCUT2D eigenvalue weighted by atomic mass is 9.84. The number of urea groups is 1. The number of nitrogens with two attached hydrogens (primary N) is 1. The molecular formula is C21H21N3O3. The van der Waals surface area contributed by atoms with Crippen LogP contribution in [0.2, 0.25) is 0 Å². The molecule has 1 spiro atoms. The minimum absolute atomic E-state index is 0.160. The molecule has 2 aromatic rings. The number of carbonyl (C=O) groups excluding carboxylic acids is 3. The number of aryl methyl sites for hydroxylation is 1. The lowest BCUT2D eigenvalue weighted by Crippen LogP contribution is -2.44. The van der Waals surface area contributed by atoms with Crippen molar-refractivity contribution in [3.8, 4) is 0 Å². The molecule has 6 nitrogen and oxygen atoms in total. The lowest BCUT2D eigenvalue weighted by molar-refractivity contribution is -0.132. The number of amides is 4. The molecule has 1 saturated heterocycles. The van der Waals surface area contributed by atoms with Crippen molar-refractivity contribution in [2.24, 2.45) is 5.73 Å². The van der Waals surface area contributed by atoms with Crippen LogP contribution in [0.5, 0.6) is 0 Å². The summed E-state index contributed by atoms with van der Waals surface area (Å²) in [5.74, 6) is -0.716. The van der Waals surface area contributed by atoms with E-state index >= 15 is 0 Å². The van der Waals surface area contributed by atoms with E-state index in [1.807, 2.05) is 24.3 Å². The molecule has 6 heteroatoms. The van der Waals surface area contributed by atoms with Crippen LogP contribution in [0.1, 0.15) is 46.3 Å². The van der Waals surface area contributed by atoms with E-state index in [0.29, 0.717) is 12.0 Å². The molecule has 3 N–H and O–H groups in total. The van der Waals surface area contributed by atoms with Gasteiger partial charge in [-0.1, -0.05) is 36.4 Å². The van der Waals surface area contributed by atoms with Gasteiger partial charge < -0.3 is 11.1 Å². The molecule has 1 heterocycles. The van der Waals surface area contributed by atoms with Crippen molar-refractivity contribution >= 4 is 17.8 Å². The van der Waals surface area contributed by atoms with Gasteiger partial charge in [0.15, 0.2) is 0 Å². The maximum absolute atomic E-state index is 13.4. The summed E-state index contributed by atoms with van der Waals surface area (Å²) in [7, 11) is 0. The number of primary amides is 1. The number of hydrogen-bond donors (Lipinski definition) is 2. The molecule has 1 atom stereocenters. The summed E-state index contributed by atoms with van der Waals surface area (Å²) in [6.07, 6.45) is 3.39. The lowest BCUT2D eigenvalue weighted by Gasteiger charge is -2.27. The van der Waals surface area contributed by atoms with Crippen LogP contribution in [0.15, 0.2) is 48.5 Å². The summed E-state index contributed by atoms with van der Waals surface area (Å²) < 4.78 is 0. The molecule has 4 rings (SSSR count). The van der Waals surface area contributed by atoms with Gasteiger partial charge in [0.25, 0.3) is 5.91 Å². The maximum Gasteiger partial charge on any atom is 0.325 e. The summed E-state index contributed by atoms with van der Waals surface area (Å²) >= 11 is 0. The molecule has 1 aliphatic carbocycles. The Kier molecular flexibility index (Phi) is 4.18. The molecule has 0 saturated carbocycles. The molecular weight excluding hydrogens is 342 g/mol. The molecule has 4 amide bonds. The standard InChI is InChI=1S/C21H21N3O3/c22-18(25)16-10-8-14(9-11-16)13-24-19(26)21(23-20(24)27)12-4-3-6-15-5-1-2-7-17(15)21/h1-2,5,7-11H,3-4,6,12-13H2,(H2,22,25)(H,23,27)/t21-/m1/s1. The largest absolute Gasteiger partial charge is 0.366 e. The van der Waals surface area contributed by atoms with E-state index in [1.165, 1.54) is 4.90 Å². The molecule has 2 aliphatic rings. The number of nitrogens with one attached hydrogen (secondary N) is 1. The van der Waals surface area contributed by atoms with E-state index in [0.717, 1.165) is 36.0 Å². The number of imide groups is 1. The predicted octanol–water partition coefficient (Wildman–Crippen LogP) is 2.46. The van der Waals surface area contributed by atoms with Crippen LogP contribution in [-0.4, -0.2) is 22.7 Å². The average molecular weight is 363 g/mol. The Morgan fingerprint density at radius 3 is 2.56 bits per heavy atom. The maximum atomic E-state index is 13.4. The third kappa shape index (κ3) is 2.87. The number of nitrogens with zero attached hydrogens (tertiary/aromatic N) is 1. The second-order valence-corrected chi connectivity index (χ2v) is 7.15. The van der Waals surface area contributed by atoms with Crippen molar-refractivity contribution in [2.45, 2.75) is 37.8 Å². The fourth-order valence-corrected chi connectivity index (χ4v) is 4.07. The molecule has 0 bridgehead atoms. The van der Waals surface area contributed by atoms with Crippen LogP contribution in [0.25, 0.3) is 0 Å². The summed E-state index contributed by atoms with van der Waals surface area (Å²) in [5.41, 5.74) is 7.47. The zero-order valence-corrected chi connectivity index (χ0v) is 14.9. The molecule has 0 radical (unpaired) electrons. The molecule has 1 fully saturated rings. The molecule has 2 aromatic carbocycles. The molecule has 0 unspecified atom stereocenters. The number of benzene rings is 2. The predicted molar refractivity (Wildman–Crippen MR) is 99.7 cm³/mol. The Hall–Kier alpha value is -3.15. The third-order valence-electron chi connectivity index (χ3n) is 5.48. The van der Waals surface area contributed by atoms with Gasteiger partial charge in [0.2, 0.25) is 5.91 Å². The number of carbonyl (C=O) groups is 3. The third-order valence-corrected chi connectivity index (χ3v) is 5.48. The fraction of sp³-hybridized carbons (Fsp3) is 0.286. The van der Waals surface area contributed by atoms with Crippen LogP contribution in [0, 0.1) is 0 Å². The van der Waals surface area contributed by atoms with Gasteiger partial charge in [0.1, 0.15) is 5.54 Å². The van der Waals surface area contributed by atoms with Gasteiger partial charge >= 0.3 is 6.03 Å².